The Balaban J connectivity index is 1.99. The lowest BCUT2D eigenvalue weighted by Gasteiger charge is -2.24. The van der Waals surface area contributed by atoms with Crippen LogP contribution in [-0.2, 0) is 9.53 Å². The Hall–Kier alpha value is -3.37. The lowest BCUT2D eigenvalue weighted by molar-refractivity contribution is -0.384. The maximum atomic E-state index is 13.4. The van der Waals surface area contributed by atoms with E-state index in [2.05, 4.69) is 4.99 Å². The van der Waals surface area contributed by atoms with Crippen molar-refractivity contribution in [1.82, 2.24) is 4.57 Å². The molecule has 1 aliphatic heterocycles. The molecule has 158 valence electrons. The molecule has 3 heterocycles. The molecular formula is C21H17N3O5S2. The number of benzene rings is 1. The first kappa shape index (κ1) is 20.9. The molecule has 31 heavy (non-hydrogen) atoms. The molecule has 1 atom stereocenters. The summed E-state index contributed by atoms with van der Waals surface area (Å²) in [5, 5.41) is 13.2. The second kappa shape index (κ2) is 8.40. The van der Waals surface area contributed by atoms with Gasteiger partial charge in [-0.25, -0.2) is 9.79 Å². The fourth-order valence-corrected chi connectivity index (χ4v) is 5.19. The quantitative estimate of drug-likeness (QED) is 0.334. The minimum atomic E-state index is -0.874. The highest BCUT2D eigenvalue weighted by Crippen LogP contribution is 2.32. The molecule has 1 aliphatic rings. The number of aromatic nitrogens is 1. The molecule has 0 aliphatic carbocycles. The zero-order chi connectivity index (χ0) is 22.1. The first-order valence-electron chi connectivity index (χ1n) is 9.38. The minimum Gasteiger partial charge on any atom is -0.463 e. The van der Waals surface area contributed by atoms with Crippen molar-refractivity contribution in [3.63, 3.8) is 0 Å². The molecule has 3 aromatic rings. The number of hydrogen-bond acceptors (Lipinski definition) is 8. The predicted molar refractivity (Wildman–Crippen MR) is 118 cm³/mol. The van der Waals surface area contributed by atoms with Gasteiger partial charge in [-0.2, -0.15) is 0 Å². The van der Waals surface area contributed by atoms with E-state index in [0.717, 1.165) is 4.88 Å². The molecule has 0 bridgehead atoms. The summed E-state index contributed by atoms with van der Waals surface area (Å²) in [5.41, 5.74) is 0.602. The number of rotatable bonds is 5. The SMILES string of the molecule is CCOC(=O)C1=C(C)N=c2sc(=Cc3cccs3)c(=O)n2C1c1cccc([N+](=O)[O-])c1. The maximum absolute atomic E-state index is 13.4. The van der Waals surface area contributed by atoms with Crippen LogP contribution in [0.4, 0.5) is 5.69 Å². The molecule has 1 aromatic carbocycles. The molecule has 8 nitrogen and oxygen atoms in total. The summed E-state index contributed by atoms with van der Waals surface area (Å²) in [5.74, 6) is -0.604. The lowest BCUT2D eigenvalue weighted by atomic mass is 9.95. The Morgan fingerprint density at radius 1 is 1.35 bits per heavy atom. The standard InChI is InChI=1S/C21H17N3O5S2/c1-3-29-20(26)17-12(2)22-21-23(18(17)13-6-4-7-14(10-13)24(27)28)19(25)16(31-21)11-15-8-5-9-30-15/h4-11,18H,3H2,1-2H3. The second-order valence-electron chi connectivity index (χ2n) is 6.67. The van der Waals surface area contributed by atoms with Gasteiger partial charge in [-0.3, -0.25) is 19.5 Å². The molecule has 0 saturated heterocycles. The number of ether oxygens (including phenoxy) is 1. The van der Waals surface area contributed by atoms with Crippen molar-refractivity contribution < 1.29 is 14.5 Å². The first-order valence-corrected chi connectivity index (χ1v) is 11.1. The van der Waals surface area contributed by atoms with E-state index >= 15 is 0 Å². The van der Waals surface area contributed by atoms with Crippen molar-refractivity contribution in [1.29, 1.82) is 0 Å². The summed E-state index contributed by atoms with van der Waals surface area (Å²) in [4.78, 5) is 42.8. The largest absolute Gasteiger partial charge is 0.463 e. The maximum Gasteiger partial charge on any atom is 0.338 e. The topological polar surface area (TPSA) is 104 Å². The Morgan fingerprint density at radius 2 is 2.16 bits per heavy atom. The second-order valence-corrected chi connectivity index (χ2v) is 8.66. The fraction of sp³-hybridized carbons (Fsp3) is 0.190. The van der Waals surface area contributed by atoms with Crippen LogP contribution in [0.3, 0.4) is 0 Å². The van der Waals surface area contributed by atoms with E-state index in [9.17, 15) is 19.7 Å². The summed E-state index contributed by atoms with van der Waals surface area (Å²) in [6, 6.07) is 8.85. The number of carbonyl (C=O) groups is 1. The predicted octanol–water partition coefficient (Wildman–Crippen LogP) is 2.77. The number of thiophene rings is 1. The van der Waals surface area contributed by atoms with Crippen LogP contribution < -0.4 is 14.9 Å². The summed E-state index contributed by atoms with van der Waals surface area (Å²) in [6.07, 6.45) is 1.78. The summed E-state index contributed by atoms with van der Waals surface area (Å²) in [7, 11) is 0. The summed E-state index contributed by atoms with van der Waals surface area (Å²) in [6.45, 7) is 3.51. The van der Waals surface area contributed by atoms with Crippen LogP contribution in [0, 0.1) is 10.1 Å². The van der Waals surface area contributed by atoms with E-state index in [0.29, 0.717) is 20.6 Å². The third-order valence-electron chi connectivity index (χ3n) is 4.73. The van der Waals surface area contributed by atoms with Crippen molar-refractivity contribution in [3.8, 4) is 0 Å². The van der Waals surface area contributed by atoms with Gasteiger partial charge >= 0.3 is 5.97 Å². The van der Waals surface area contributed by atoms with Crippen molar-refractivity contribution >= 4 is 40.4 Å². The van der Waals surface area contributed by atoms with Crippen LogP contribution in [-0.4, -0.2) is 22.1 Å². The van der Waals surface area contributed by atoms with Gasteiger partial charge in [0.15, 0.2) is 4.80 Å². The zero-order valence-corrected chi connectivity index (χ0v) is 18.2. The van der Waals surface area contributed by atoms with Crippen molar-refractivity contribution in [2.24, 2.45) is 4.99 Å². The van der Waals surface area contributed by atoms with Crippen LogP contribution in [0.5, 0.6) is 0 Å². The molecular weight excluding hydrogens is 438 g/mol. The summed E-state index contributed by atoms with van der Waals surface area (Å²) < 4.78 is 7.11. The highest BCUT2D eigenvalue weighted by Gasteiger charge is 2.34. The number of fused-ring (bicyclic) bond motifs is 1. The van der Waals surface area contributed by atoms with Crippen LogP contribution >= 0.6 is 22.7 Å². The summed E-state index contributed by atoms with van der Waals surface area (Å²) >= 11 is 2.71. The number of nitro benzene ring substituents is 1. The Kier molecular flexibility index (Phi) is 5.66. The van der Waals surface area contributed by atoms with E-state index in [1.54, 1.807) is 26.0 Å². The normalized spacial score (nSPS) is 16.1. The molecule has 0 fully saturated rings. The highest BCUT2D eigenvalue weighted by molar-refractivity contribution is 7.11. The first-order chi connectivity index (χ1) is 14.9. The van der Waals surface area contributed by atoms with Gasteiger partial charge < -0.3 is 4.74 Å². The number of nitro groups is 1. The molecule has 2 aromatic heterocycles. The molecule has 10 heteroatoms. The third kappa shape index (κ3) is 3.87. The number of esters is 1. The van der Waals surface area contributed by atoms with Gasteiger partial charge in [0.1, 0.15) is 0 Å². The smallest absolute Gasteiger partial charge is 0.338 e. The Bertz CT molecular complexity index is 1380. The van der Waals surface area contributed by atoms with Gasteiger partial charge in [-0.1, -0.05) is 29.5 Å². The van der Waals surface area contributed by atoms with E-state index in [1.165, 1.54) is 45.4 Å². The molecule has 1 unspecified atom stereocenters. The number of carbonyl (C=O) groups excluding carboxylic acids is 1. The number of hydrogen-bond donors (Lipinski definition) is 0. The minimum absolute atomic E-state index is 0.129. The van der Waals surface area contributed by atoms with Crippen LogP contribution in [0.15, 0.2) is 62.8 Å². The number of nitrogens with zero attached hydrogens (tertiary/aromatic N) is 3. The van der Waals surface area contributed by atoms with Gasteiger partial charge in [-0.05, 0) is 36.9 Å². The average Bonchev–Trinajstić information content (AvgIpc) is 3.35. The molecule has 0 radical (unpaired) electrons. The molecule has 0 amide bonds. The van der Waals surface area contributed by atoms with E-state index in [1.807, 2.05) is 17.5 Å². The van der Waals surface area contributed by atoms with E-state index in [-0.39, 0.29) is 23.4 Å². The molecule has 0 saturated carbocycles. The van der Waals surface area contributed by atoms with E-state index < -0.39 is 16.9 Å². The highest BCUT2D eigenvalue weighted by atomic mass is 32.1. The lowest BCUT2D eigenvalue weighted by Crippen LogP contribution is -2.39. The third-order valence-corrected chi connectivity index (χ3v) is 6.53. The number of non-ortho nitro benzene ring substituents is 1. The Morgan fingerprint density at radius 3 is 2.84 bits per heavy atom. The van der Waals surface area contributed by atoms with E-state index in [4.69, 9.17) is 4.74 Å². The van der Waals surface area contributed by atoms with Crippen LogP contribution in [0.2, 0.25) is 0 Å². The fourth-order valence-electron chi connectivity index (χ4n) is 3.42. The zero-order valence-electron chi connectivity index (χ0n) is 16.6. The van der Waals surface area contributed by atoms with Crippen molar-refractivity contribution in [2.45, 2.75) is 19.9 Å². The Labute approximate surface area is 184 Å². The van der Waals surface area contributed by atoms with Crippen molar-refractivity contribution in [2.75, 3.05) is 6.61 Å². The number of allylic oxidation sites excluding steroid dienone is 1. The van der Waals surface area contributed by atoms with Crippen LogP contribution in [0.1, 0.15) is 30.3 Å². The van der Waals surface area contributed by atoms with Gasteiger partial charge in [0, 0.05) is 17.0 Å². The molecule has 0 N–H and O–H groups in total. The molecule has 0 spiro atoms. The monoisotopic (exact) mass is 455 g/mol. The van der Waals surface area contributed by atoms with Gasteiger partial charge in [0.2, 0.25) is 0 Å². The van der Waals surface area contributed by atoms with Crippen LogP contribution in [0.25, 0.3) is 6.08 Å². The van der Waals surface area contributed by atoms with Gasteiger partial charge in [0.05, 0.1) is 33.4 Å². The molecule has 4 rings (SSSR count). The van der Waals surface area contributed by atoms with Gasteiger partial charge in [0.25, 0.3) is 11.2 Å². The average molecular weight is 456 g/mol. The van der Waals surface area contributed by atoms with Gasteiger partial charge in [-0.15, -0.1) is 11.3 Å². The van der Waals surface area contributed by atoms with Crippen molar-refractivity contribution in [3.05, 3.63) is 93.3 Å². The number of thiazole rings is 1.